The van der Waals surface area contributed by atoms with Crippen LogP contribution in [-0.4, -0.2) is 53.4 Å². The van der Waals surface area contributed by atoms with Gasteiger partial charge < -0.3 is 15.5 Å². The number of piperidine rings is 1. The number of halogens is 1. The maximum Gasteiger partial charge on any atom is 0.324 e. The number of imide groups is 1. The Kier molecular flexibility index (Phi) is 4.89. The van der Waals surface area contributed by atoms with Crippen LogP contribution in [0, 0.1) is 0 Å². The highest BCUT2D eigenvalue weighted by atomic mass is 35.5. The molecule has 0 saturated carbocycles. The minimum absolute atomic E-state index is 0.0701. The third kappa shape index (κ3) is 3.62. The number of nitrogens with zero attached hydrogens (tertiary/aromatic N) is 2. The fraction of sp³-hybridized carbons (Fsp3) is 0.438. The van der Waals surface area contributed by atoms with E-state index >= 15 is 0 Å². The van der Waals surface area contributed by atoms with Crippen molar-refractivity contribution >= 4 is 29.6 Å². The number of likely N-dealkylation sites (tertiary alicyclic amines) is 1. The van der Waals surface area contributed by atoms with Crippen LogP contribution in [0.3, 0.4) is 0 Å². The number of hydrogen-bond donors (Lipinski definition) is 2. The smallest absolute Gasteiger partial charge is 0.324 e. The molecule has 128 valence electrons. The van der Waals surface area contributed by atoms with Crippen LogP contribution in [0.4, 0.5) is 9.59 Å². The second-order valence-corrected chi connectivity index (χ2v) is 6.36. The quantitative estimate of drug-likeness (QED) is 0.812. The van der Waals surface area contributed by atoms with Crippen molar-refractivity contribution in [2.45, 2.75) is 25.4 Å². The molecule has 24 heavy (non-hydrogen) atoms. The van der Waals surface area contributed by atoms with Crippen molar-refractivity contribution < 1.29 is 14.4 Å². The lowest BCUT2D eigenvalue weighted by Crippen LogP contribution is -2.51. The zero-order valence-corrected chi connectivity index (χ0v) is 13.9. The van der Waals surface area contributed by atoms with Crippen molar-refractivity contribution in [1.82, 2.24) is 20.4 Å². The van der Waals surface area contributed by atoms with Gasteiger partial charge in [-0.1, -0.05) is 23.7 Å². The Morgan fingerprint density at radius 3 is 2.46 bits per heavy atom. The maximum absolute atomic E-state index is 12.2. The number of carbonyl (C=O) groups excluding carboxylic acids is 3. The van der Waals surface area contributed by atoms with Crippen molar-refractivity contribution in [2.75, 3.05) is 19.6 Å². The summed E-state index contributed by atoms with van der Waals surface area (Å²) < 4.78 is 0. The molecule has 0 aliphatic carbocycles. The summed E-state index contributed by atoms with van der Waals surface area (Å²) in [6.45, 7) is 1.55. The second kappa shape index (κ2) is 7.09. The molecule has 3 rings (SSSR count). The van der Waals surface area contributed by atoms with Gasteiger partial charge in [-0.2, -0.15) is 0 Å². The van der Waals surface area contributed by atoms with E-state index in [1.54, 1.807) is 17.0 Å². The zero-order valence-electron chi connectivity index (χ0n) is 13.1. The van der Waals surface area contributed by atoms with Crippen LogP contribution in [0.15, 0.2) is 24.3 Å². The Balaban J connectivity index is 1.47. The van der Waals surface area contributed by atoms with Crippen LogP contribution in [-0.2, 0) is 11.3 Å². The molecule has 5 amide bonds. The SMILES string of the molecule is O=C(NCc1ccc(Cl)cc1)N1CCC(N2C(=O)CNC2=O)CC1. The fourth-order valence-corrected chi connectivity index (χ4v) is 3.15. The van der Waals surface area contributed by atoms with E-state index in [1.807, 2.05) is 12.1 Å². The fourth-order valence-electron chi connectivity index (χ4n) is 3.02. The van der Waals surface area contributed by atoms with Crippen molar-refractivity contribution in [3.05, 3.63) is 34.9 Å². The molecular formula is C16H19ClN4O3. The van der Waals surface area contributed by atoms with E-state index in [0.717, 1.165) is 5.56 Å². The van der Waals surface area contributed by atoms with E-state index in [1.165, 1.54) is 4.90 Å². The van der Waals surface area contributed by atoms with E-state index in [9.17, 15) is 14.4 Å². The molecule has 0 aromatic heterocycles. The zero-order chi connectivity index (χ0) is 17.1. The summed E-state index contributed by atoms with van der Waals surface area (Å²) in [5.74, 6) is -0.189. The van der Waals surface area contributed by atoms with Gasteiger partial charge in [0.15, 0.2) is 0 Å². The van der Waals surface area contributed by atoms with Crippen LogP contribution < -0.4 is 10.6 Å². The predicted octanol–water partition coefficient (Wildman–Crippen LogP) is 1.57. The predicted molar refractivity (Wildman–Crippen MR) is 88.5 cm³/mol. The molecule has 0 spiro atoms. The van der Waals surface area contributed by atoms with Gasteiger partial charge in [-0.05, 0) is 30.5 Å². The average molecular weight is 351 g/mol. The summed E-state index contributed by atoms with van der Waals surface area (Å²) in [5, 5.41) is 6.06. The monoisotopic (exact) mass is 350 g/mol. The van der Waals surface area contributed by atoms with E-state index in [2.05, 4.69) is 10.6 Å². The first-order valence-electron chi connectivity index (χ1n) is 7.91. The van der Waals surface area contributed by atoms with Crippen LogP contribution in [0.5, 0.6) is 0 Å². The maximum atomic E-state index is 12.2. The van der Waals surface area contributed by atoms with Crippen molar-refractivity contribution in [3.8, 4) is 0 Å². The molecule has 1 aromatic carbocycles. The van der Waals surface area contributed by atoms with Crippen LogP contribution in [0.1, 0.15) is 18.4 Å². The van der Waals surface area contributed by atoms with Gasteiger partial charge in [-0.25, -0.2) is 9.59 Å². The summed E-state index contributed by atoms with van der Waals surface area (Å²) in [5.41, 5.74) is 0.974. The van der Waals surface area contributed by atoms with Gasteiger partial charge >= 0.3 is 12.1 Å². The topological polar surface area (TPSA) is 81.8 Å². The van der Waals surface area contributed by atoms with Crippen LogP contribution >= 0.6 is 11.6 Å². The molecule has 2 saturated heterocycles. The summed E-state index contributed by atoms with van der Waals surface area (Å²) in [6, 6.07) is 6.71. The number of rotatable bonds is 3. The van der Waals surface area contributed by atoms with Crippen molar-refractivity contribution in [2.24, 2.45) is 0 Å². The third-order valence-electron chi connectivity index (χ3n) is 4.35. The number of amides is 5. The molecule has 8 heteroatoms. The first-order chi connectivity index (χ1) is 11.5. The minimum Gasteiger partial charge on any atom is -0.334 e. The number of urea groups is 2. The highest BCUT2D eigenvalue weighted by Crippen LogP contribution is 2.19. The molecule has 2 fully saturated rings. The van der Waals surface area contributed by atoms with Crippen molar-refractivity contribution in [1.29, 1.82) is 0 Å². The molecule has 0 unspecified atom stereocenters. The number of carbonyl (C=O) groups is 3. The first kappa shape index (κ1) is 16.6. The van der Waals surface area contributed by atoms with Gasteiger partial charge in [0.2, 0.25) is 5.91 Å². The molecule has 2 heterocycles. The lowest BCUT2D eigenvalue weighted by molar-refractivity contribution is -0.127. The molecule has 0 bridgehead atoms. The van der Waals surface area contributed by atoms with E-state index in [0.29, 0.717) is 37.5 Å². The van der Waals surface area contributed by atoms with E-state index in [4.69, 9.17) is 11.6 Å². The molecule has 2 N–H and O–H groups in total. The Labute approximate surface area is 144 Å². The highest BCUT2D eigenvalue weighted by molar-refractivity contribution is 6.30. The van der Waals surface area contributed by atoms with Crippen LogP contribution in [0.2, 0.25) is 5.02 Å². The lowest BCUT2D eigenvalue weighted by atomic mass is 10.0. The Hall–Kier alpha value is -2.28. The molecule has 7 nitrogen and oxygen atoms in total. The average Bonchev–Trinajstić information content (AvgIpc) is 2.93. The summed E-state index contributed by atoms with van der Waals surface area (Å²) in [6.07, 6.45) is 1.21. The van der Waals surface area contributed by atoms with Gasteiger partial charge in [-0.3, -0.25) is 9.69 Å². The van der Waals surface area contributed by atoms with Gasteiger partial charge in [0.1, 0.15) is 0 Å². The molecule has 2 aliphatic heterocycles. The van der Waals surface area contributed by atoms with Gasteiger partial charge in [0.25, 0.3) is 0 Å². The van der Waals surface area contributed by atoms with Gasteiger partial charge in [-0.15, -0.1) is 0 Å². The van der Waals surface area contributed by atoms with Gasteiger partial charge in [0, 0.05) is 30.7 Å². The summed E-state index contributed by atoms with van der Waals surface area (Å²) in [4.78, 5) is 38.6. The third-order valence-corrected chi connectivity index (χ3v) is 4.60. The first-order valence-corrected chi connectivity index (χ1v) is 8.29. The van der Waals surface area contributed by atoms with Gasteiger partial charge in [0.05, 0.1) is 6.54 Å². The number of nitrogens with one attached hydrogen (secondary N) is 2. The summed E-state index contributed by atoms with van der Waals surface area (Å²) in [7, 11) is 0. The Morgan fingerprint density at radius 2 is 1.88 bits per heavy atom. The molecule has 0 radical (unpaired) electrons. The molecule has 0 atom stereocenters. The molecule has 1 aromatic rings. The number of hydrogen-bond acceptors (Lipinski definition) is 3. The minimum atomic E-state index is -0.328. The largest absolute Gasteiger partial charge is 0.334 e. The summed E-state index contributed by atoms with van der Waals surface area (Å²) >= 11 is 5.83. The van der Waals surface area contributed by atoms with E-state index < -0.39 is 0 Å². The Morgan fingerprint density at radius 1 is 1.21 bits per heavy atom. The second-order valence-electron chi connectivity index (χ2n) is 5.93. The highest BCUT2D eigenvalue weighted by Gasteiger charge is 2.37. The molecular weight excluding hydrogens is 332 g/mol. The van der Waals surface area contributed by atoms with Crippen LogP contribution in [0.25, 0.3) is 0 Å². The standard InChI is InChI=1S/C16H19ClN4O3/c17-12-3-1-11(2-4-12)9-18-15(23)20-7-5-13(6-8-20)21-14(22)10-19-16(21)24/h1-4,13H,5-10H2,(H,18,23)(H,19,24). The Bertz CT molecular complexity index is 625. The lowest BCUT2D eigenvalue weighted by Gasteiger charge is -2.35. The van der Waals surface area contributed by atoms with Crippen molar-refractivity contribution in [3.63, 3.8) is 0 Å². The van der Waals surface area contributed by atoms with E-state index in [-0.39, 0.29) is 30.6 Å². The number of benzene rings is 1. The normalized spacial score (nSPS) is 18.7. The molecule has 2 aliphatic rings.